The van der Waals surface area contributed by atoms with Crippen molar-refractivity contribution >= 4 is 22.5 Å². The lowest BCUT2D eigenvalue weighted by Gasteiger charge is -2.13. The van der Waals surface area contributed by atoms with E-state index < -0.39 is 6.10 Å². The van der Waals surface area contributed by atoms with Gasteiger partial charge < -0.3 is 15.0 Å². The average molecular weight is 348 g/mol. The topological polar surface area (TPSA) is 71.6 Å². The van der Waals surface area contributed by atoms with Gasteiger partial charge in [0.15, 0.2) is 0 Å². The molecule has 4 aromatic rings. The molecule has 26 heavy (non-hydrogen) atoms. The van der Waals surface area contributed by atoms with Crippen LogP contribution in [0.4, 0.5) is 0 Å². The third-order valence-corrected chi connectivity index (χ3v) is 4.67. The van der Waals surface area contributed by atoms with Crippen LogP contribution in [-0.2, 0) is 7.05 Å². The molecule has 1 unspecified atom stereocenters. The van der Waals surface area contributed by atoms with Crippen molar-refractivity contribution in [3.05, 3.63) is 71.8 Å². The van der Waals surface area contributed by atoms with Crippen molar-refractivity contribution in [1.82, 2.24) is 19.3 Å². The molecule has 3 heterocycles. The molecular formula is C20H20N4O2. The molecule has 2 N–H and O–H groups in total. The molecule has 0 radical (unpaired) electrons. The van der Waals surface area contributed by atoms with Crippen LogP contribution in [0.3, 0.4) is 0 Å². The van der Waals surface area contributed by atoms with Gasteiger partial charge in [0.1, 0.15) is 11.3 Å². The quantitative estimate of drug-likeness (QED) is 0.595. The molecule has 0 fully saturated rings. The minimum atomic E-state index is -0.775. The van der Waals surface area contributed by atoms with Crippen LogP contribution in [0.25, 0.3) is 16.6 Å². The molecule has 0 spiro atoms. The van der Waals surface area contributed by atoms with E-state index in [0.29, 0.717) is 11.4 Å². The third-order valence-electron chi connectivity index (χ3n) is 4.67. The standard InChI is InChI=1S/C20H20N4O2/c1-13-19(24-9-4-3-5-18(24)22-13)20(26)21-12-17(25)15-6-7-16-14(11-15)8-10-23(16)2/h3-11,17,25H,12H2,1-2H3,(H,21,26). The van der Waals surface area contributed by atoms with E-state index in [1.165, 1.54) is 0 Å². The van der Waals surface area contributed by atoms with Gasteiger partial charge in [-0.3, -0.25) is 9.20 Å². The van der Waals surface area contributed by atoms with Crippen molar-refractivity contribution in [2.24, 2.45) is 7.05 Å². The number of aliphatic hydroxyl groups is 1. The number of hydrogen-bond acceptors (Lipinski definition) is 3. The molecule has 0 bridgehead atoms. The third kappa shape index (κ3) is 2.74. The van der Waals surface area contributed by atoms with E-state index in [1.807, 2.05) is 73.4 Å². The number of imidazole rings is 1. The monoisotopic (exact) mass is 348 g/mol. The molecule has 1 amide bonds. The summed E-state index contributed by atoms with van der Waals surface area (Å²) in [7, 11) is 1.98. The minimum Gasteiger partial charge on any atom is -0.387 e. The normalized spacial score (nSPS) is 12.6. The fraction of sp³-hybridized carbons (Fsp3) is 0.200. The van der Waals surface area contributed by atoms with E-state index in [1.54, 1.807) is 4.40 Å². The maximum atomic E-state index is 12.6. The largest absolute Gasteiger partial charge is 0.387 e. The lowest BCUT2D eigenvalue weighted by molar-refractivity contribution is 0.0910. The van der Waals surface area contributed by atoms with E-state index in [2.05, 4.69) is 10.3 Å². The Labute approximate surface area is 150 Å². The minimum absolute atomic E-state index is 0.136. The highest BCUT2D eigenvalue weighted by Crippen LogP contribution is 2.21. The zero-order valence-corrected chi connectivity index (χ0v) is 14.7. The first-order chi connectivity index (χ1) is 12.5. The van der Waals surface area contributed by atoms with Gasteiger partial charge in [-0.1, -0.05) is 12.1 Å². The van der Waals surface area contributed by atoms with Crippen LogP contribution in [-0.4, -0.2) is 31.5 Å². The predicted octanol–water partition coefficient (Wildman–Crippen LogP) is 2.60. The molecule has 0 aliphatic carbocycles. The second-order valence-electron chi connectivity index (χ2n) is 6.45. The molecule has 132 valence electrons. The summed E-state index contributed by atoms with van der Waals surface area (Å²) in [5.41, 5.74) is 3.76. The molecule has 0 aliphatic rings. The molecule has 4 rings (SSSR count). The summed E-state index contributed by atoms with van der Waals surface area (Å²) < 4.78 is 3.79. The van der Waals surface area contributed by atoms with Gasteiger partial charge in [0.2, 0.25) is 0 Å². The molecule has 0 saturated heterocycles. The Hall–Kier alpha value is -3.12. The van der Waals surface area contributed by atoms with Gasteiger partial charge in [-0.25, -0.2) is 4.98 Å². The Morgan fingerprint density at radius 1 is 1.23 bits per heavy atom. The van der Waals surface area contributed by atoms with Crippen LogP contribution >= 0.6 is 0 Å². The Bertz CT molecular complexity index is 1110. The number of nitrogens with one attached hydrogen (secondary N) is 1. The van der Waals surface area contributed by atoms with E-state index in [9.17, 15) is 9.90 Å². The molecule has 0 saturated carbocycles. The van der Waals surface area contributed by atoms with Crippen LogP contribution in [0.2, 0.25) is 0 Å². The van der Waals surface area contributed by atoms with Gasteiger partial charge >= 0.3 is 0 Å². The summed E-state index contributed by atoms with van der Waals surface area (Å²) in [6, 6.07) is 13.4. The first kappa shape index (κ1) is 16.4. The zero-order valence-electron chi connectivity index (χ0n) is 14.7. The van der Waals surface area contributed by atoms with Gasteiger partial charge in [0, 0.05) is 31.5 Å². The molecule has 1 atom stereocenters. The van der Waals surface area contributed by atoms with Crippen LogP contribution in [0.1, 0.15) is 27.8 Å². The summed E-state index contributed by atoms with van der Waals surface area (Å²) in [5.74, 6) is -0.249. The lowest BCUT2D eigenvalue weighted by Crippen LogP contribution is -2.29. The van der Waals surface area contributed by atoms with Gasteiger partial charge in [-0.2, -0.15) is 0 Å². The maximum absolute atomic E-state index is 12.6. The van der Waals surface area contributed by atoms with Crippen LogP contribution in [0.15, 0.2) is 54.9 Å². The lowest BCUT2D eigenvalue weighted by atomic mass is 10.1. The number of aryl methyl sites for hydroxylation is 2. The van der Waals surface area contributed by atoms with E-state index in [4.69, 9.17) is 0 Å². The summed E-state index contributed by atoms with van der Waals surface area (Å²) in [5, 5.41) is 14.3. The van der Waals surface area contributed by atoms with Crippen molar-refractivity contribution < 1.29 is 9.90 Å². The summed E-state index contributed by atoms with van der Waals surface area (Å²) in [4.78, 5) is 17.0. The van der Waals surface area contributed by atoms with Gasteiger partial charge in [-0.05, 0) is 48.2 Å². The first-order valence-electron chi connectivity index (χ1n) is 8.49. The van der Waals surface area contributed by atoms with E-state index in [-0.39, 0.29) is 12.5 Å². The van der Waals surface area contributed by atoms with Gasteiger partial charge in [0.05, 0.1) is 11.8 Å². The number of amides is 1. The Kier molecular flexibility index (Phi) is 3.97. The van der Waals surface area contributed by atoms with Crippen molar-refractivity contribution in [3.63, 3.8) is 0 Å². The van der Waals surface area contributed by atoms with Crippen molar-refractivity contribution in [2.75, 3.05) is 6.54 Å². The van der Waals surface area contributed by atoms with Crippen LogP contribution < -0.4 is 5.32 Å². The first-order valence-corrected chi connectivity index (χ1v) is 8.49. The average Bonchev–Trinajstić information content (AvgIpc) is 3.18. The summed E-state index contributed by atoms with van der Waals surface area (Å²) >= 11 is 0. The number of pyridine rings is 1. The fourth-order valence-electron chi connectivity index (χ4n) is 3.29. The number of aliphatic hydroxyl groups excluding tert-OH is 1. The Morgan fingerprint density at radius 2 is 2.08 bits per heavy atom. The number of fused-ring (bicyclic) bond motifs is 2. The number of benzene rings is 1. The van der Waals surface area contributed by atoms with Crippen LogP contribution in [0.5, 0.6) is 0 Å². The number of nitrogens with zero attached hydrogens (tertiary/aromatic N) is 3. The molecule has 6 nitrogen and oxygen atoms in total. The highest BCUT2D eigenvalue weighted by atomic mass is 16.3. The SMILES string of the molecule is Cc1nc2ccccn2c1C(=O)NCC(O)c1ccc2c(ccn2C)c1. The number of carbonyl (C=O) groups is 1. The Balaban J connectivity index is 1.51. The second-order valence-corrected chi connectivity index (χ2v) is 6.45. The fourth-order valence-corrected chi connectivity index (χ4v) is 3.29. The van der Waals surface area contributed by atoms with E-state index >= 15 is 0 Å². The second kappa shape index (κ2) is 6.31. The molecule has 6 heteroatoms. The van der Waals surface area contributed by atoms with Crippen molar-refractivity contribution in [2.45, 2.75) is 13.0 Å². The molecule has 3 aromatic heterocycles. The molecular weight excluding hydrogens is 328 g/mol. The molecule has 1 aromatic carbocycles. The summed E-state index contributed by atoms with van der Waals surface area (Å²) in [6.07, 6.45) is 3.02. The number of rotatable bonds is 4. The van der Waals surface area contributed by atoms with Gasteiger partial charge in [-0.15, -0.1) is 0 Å². The highest BCUT2D eigenvalue weighted by Gasteiger charge is 2.18. The van der Waals surface area contributed by atoms with Crippen LogP contribution in [0, 0.1) is 6.92 Å². The molecule has 0 aliphatic heterocycles. The number of carbonyl (C=O) groups excluding carboxylic acids is 1. The van der Waals surface area contributed by atoms with Crippen molar-refractivity contribution in [3.8, 4) is 0 Å². The smallest absolute Gasteiger partial charge is 0.270 e. The van der Waals surface area contributed by atoms with Crippen molar-refractivity contribution in [1.29, 1.82) is 0 Å². The van der Waals surface area contributed by atoms with E-state index in [0.717, 1.165) is 22.1 Å². The summed E-state index contributed by atoms with van der Waals surface area (Å²) in [6.45, 7) is 1.94. The maximum Gasteiger partial charge on any atom is 0.270 e. The Morgan fingerprint density at radius 3 is 2.92 bits per heavy atom. The zero-order chi connectivity index (χ0) is 18.3. The number of aromatic nitrogens is 3. The number of hydrogen-bond donors (Lipinski definition) is 2. The highest BCUT2D eigenvalue weighted by molar-refractivity contribution is 5.94. The van der Waals surface area contributed by atoms with Gasteiger partial charge in [0.25, 0.3) is 5.91 Å². The predicted molar refractivity (Wildman–Crippen MR) is 100 cm³/mol.